The first-order valence-corrected chi connectivity index (χ1v) is 10.8. The van der Waals surface area contributed by atoms with Crippen molar-refractivity contribution in [3.8, 4) is 0 Å². The van der Waals surface area contributed by atoms with Crippen LogP contribution in [0.2, 0.25) is 0 Å². The second-order valence-electron chi connectivity index (χ2n) is 8.43. The molecule has 1 atom stereocenters. The highest BCUT2D eigenvalue weighted by molar-refractivity contribution is 6.12. The summed E-state index contributed by atoms with van der Waals surface area (Å²) in [4.78, 5) is 30.8. The van der Waals surface area contributed by atoms with Crippen LogP contribution >= 0.6 is 0 Å². The molecule has 0 unspecified atom stereocenters. The van der Waals surface area contributed by atoms with Gasteiger partial charge in [-0.3, -0.25) is 9.79 Å². The summed E-state index contributed by atoms with van der Waals surface area (Å²) in [5.74, 6) is -0.483. The van der Waals surface area contributed by atoms with Gasteiger partial charge in [0, 0.05) is 11.3 Å². The molecule has 4 rings (SSSR count). The first kappa shape index (κ1) is 20.3. The number of amides is 1. The van der Waals surface area contributed by atoms with Crippen molar-refractivity contribution >= 4 is 23.3 Å². The average molecular weight is 405 g/mol. The van der Waals surface area contributed by atoms with E-state index >= 15 is 0 Å². The molecule has 1 N–H and O–H groups in total. The Bertz CT molecular complexity index is 988. The molecular formula is C25H28N2O3. The minimum Gasteiger partial charge on any atom is -0.478 e. The fourth-order valence-corrected chi connectivity index (χ4v) is 4.63. The normalized spacial score (nSPS) is 19.8. The zero-order valence-electron chi connectivity index (χ0n) is 17.6. The molecule has 0 spiro atoms. The lowest BCUT2D eigenvalue weighted by atomic mass is 9.84. The van der Waals surface area contributed by atoms with E-state index in [0.29, 0.717) is 18.2 Å². The molecule has 156 valence electrons. The van der Waals surface area contributed by atoms with Crippen molar-refractivity contribution in [2.75, 3.05) is 4.90 Å². The highest BCUT2D eigenvalue weighted by atomic mass is 16.4. The van der Waals surface area contributed by atoms with Gasteiger partial charge in [-0.2, -0.15) is 0 Å². The highest BCUT2D eigenvalue weighted by Gasteiger charge is 2.29. The Kier molecular flexibility index (Phi) is 5.71. The molecule has 0 aromatic heterocycles. The van der Waals surface area contributed by atoms with E-state index in [9.17, 15) is 14.7 Å². The van der Waals surface area contributed by atoms with Gasteiger partial charge in [-0.05, 0) is 55.9 Å². The second-order valence-corrected chi connectivity index (χ2v) is 8.43. The van der Waals surface area contributed by atoms with E-state index in [4.69, 9.17) is 0 Å². The standard InChI is InChI=1S/C25H28N2O3/c1-16-22-13-12-21(25(29)30)14-23(22)27(24(28)17(2)26-16)15-18-8-10-20(11-9-18)19-6-4-3-5-7-19/h8-14,17,19H,3-7,15H2,1-2H3,(H,29,30)/t17-/m0/s1. The molecule has 1 aliphatic carbocycles. The van der Waals surface area contributed by atoms with Crippen molar-refractivity contribution in [3.63, 3.8) is 0 Å². The van der Waals surface area contributed by atoms with E-state index in [1.54, 1.807) is 30.0 Å². The van der Waals surface area contributed by atoms with Gasteiger partial charge in [-0.15, -0.1) is 0 Å². The van der Waals surface area contributed by atoms with Crippen LogP contribution in [-0.4, -0.2) is 28.7 Å². The molecule has 1 amide bonds. The van der Waals surface area contributed by atoms with Crippen LogP contribution in [0.3, 0.4) is 0 Å². The summed E-state index contributed by atoms with van der Waals surface area (Å²) in [6.07, 6.45) is 6.44. The lowest BCUT2D eigenvalue weighted by Gasteiger charge is -2.26. The maximum atomic E-state index is 13.1. The predicted molar refractivity (Wildman–Crippen MR) is 119 cm³/mol. The molecule has 2 aromatic carbocycles. The van der Waals surface area contributed by atoms with Crippen LogP contribution in [0.5, 0.6) is 0 Å². The molecule has 30 heavy (non-hydrogen) atoms. The molecule has 1 aliphatic heterocycles. The molecule has 5 nitrogen and oxygen atoms in total. The molecule has 1 fully saturated rings. The number of carboxylic acids is 1. The number of aliphatic imine (C=N–C) groups is 1. The minimum atomic E-state index is -1.01. The van der Waals surface area contributed by atoms with Crippen LogP contribution in [0.25, 0.3) is 0 Å². The molecule has 1 saturated carbocycles. The number of carbonyl (C=O) groups is 2. The Morgan fingerprint density at radius 3 is 2.47 bits per heavy atom. The molecule has 1 heterocycles. The van der Waals surface area contributed by atoms with Gasteiger partial charge in [0.1, 0.15) is 6.04 Å². The van der Waals surface area contributed by atoms with Crippen LogP contribution in [-0.2, 0) is 11.3 Å². The Hall–Kier alpha value is -2.95. The van der Waals surface area contributed by atoms with E-state index in [1.807, 2.05) is 6.92 Å². The van der Waals surface area contributed by atoms with Crippen molar-refractivity contribution in [1.82, 2.24) is 0 Å². The number of carbonyl (C=O) groups excluding carboxylic acids is 1. The van der Waals surface area contributed by atoms with Gasteiger partial charge in [0.25, 0.3) is 5.91 Å². The van der Waals surface area contributed by atoms with Gasteiger partial charge in [0.2, 0.25) is 0 Å². The molecule has 2 aliphatic rings. The smallest absolute Gasteiger partial charge is 0.335 e. The van der Waals surface area contributed by atoms with Crippen molar-refractivity contribution in [3.05, 3.63) is 64.7 Å². The fourth-order valence-electron chi connectivity index (χ4n) is 4.63. The summed E-state index contributed by atoms with van der Waals surface area (Å²) in [7, 11) is 0. The number of carboxylic acid groups (broad SMARTS) is 1. The van der Waals surface area contributed by atoms with Crippen LogP contribution < -0.4 is 4.90 Å². The minimum absolute atomic E-state index is 0.119. The zero-order chi connectivity index (χ0) is 21.3. The Morgan fingerprint density at radius 1 is 1.10 bits per heavy atom. The number of benzene rings is 2. The maximum absolute atomic E-state index is 13.1. The van der Waals surface area contributed by atoms with Gasteiger partial charge >= 0.3 is 5.97 Å². The first-order chi connectivity index (χ1) is 14.4. The van der Waals surface area contributed by atoms with Crippen molar-refractivity contribution in [2.45, 2.75) is 64.5 Å². The second kappa shape index (κ2) is 8.42. The Labute approximate surface area is 177 Å². The summed E-state index contributed by atoms with van der Waals surface area (Å²) >= 11 is 0. The van der Waals surface area contributed by atoms with Gasteiger partial charge in [-0.25, -0.2) is 4.79 Å². The number of fused-ring (bicyclic) bond motifs is 1. The van der Waals surface area contributed by atoms with Crippen molar-refractivity contribution in [1.29, 1.82) is 0 Å². The van der Waals surface area contributed by atoms with Gasteiger partial charge in [0.05, 0.1) is 17.8 Å². The van der Waals surface area contributed by atoms with Gasteiger partial charge < -0.3 is 10.0 Å². The largest absolute Gasteiger partial charge is 0.478 e. The molecule has 0 saturated heterocycles. The van der Waals surface area contributed by atoms with Crippen LogP contribution in [0.15, 0.2) is 47.5 Å². The van der Waals surface area contributed by atoms with Crippen molar-refractivity contribution in [2.24, 2.45) is 4.99 Å². The van der Waals surface area contributed by atoms with E-state index in [-0.39, 0.29) is 11.5 Å². The molecular weight excluding hydrogens is 376 g/mol. The summed E-state index contributed by atoms with van der Waals surface area (Å²) in [6.45, 7) is 4.05. The molecule has 0 bridgehead atoms. The monoisotopic (exact) mass is 404 g/mol. The van der Waals surface area contributed by atoms with E-state index in [0.717, 1.165) is 16.8 Å². The summed E-state index contributed by atoms with van der Waals surface area (Å²) in [5.41, 5.74) is 4.74. The predicted octanol–water partition coefficient (Wildman–Crippen LogP) is 5.18. The van der Waals surface area contributed by atoms with E-state index in [1.165, 1.54) is 37.7 Å². The quantitative estimate of drug-likeness (QED) is 0.764. The van der Waals surface area contributed by atoms with E-state index < -0.39 is 12.0 Å². The number of hydrogen-bond acceptors (Lipinski definition) is 3. The highest BCUT2D eigenvalue weighted by Crippen LogP contribution is 2.33. The lowest BCUT2D eigenvalue weighted by Crippen LogP contribution is -2.36. The molecule has 2 aromatic rings. The number of benzodiazepines with no additional fused rings is 1. The number of aromatic carboxylic acids is 1. The molecule has 0 radical (unpaired) electrons. The third-order valence-electron chi connectivity index (χ3n) is 6.33. The first-order valence-electron chi connectivity index (χ1n) is 10.8. The third kappa shape index (κ3) is 4.02. The zero-order valence-corrected chi connectivity index (χ0v) is 17.6. The Morgan fingerprint density at radius 2 is 1.80 bits per heavy atom. The van der Waals surface area contributed by atoms with Gasteiger partial charge in [0.15, 0.2) is 0 Å². The Balaban J connectivity index is 1.65. The number of rotatable bonds is 4. The summed E-state index contributed by atoms with van der Waals surface area (Å²) in [5, 5.41) is 9.44. The maximum Gasteiger partial charge on any atom is 0.335 e. The summed E-state index contributed by atoms with van der Waals surface area (Å²) < 4.78 is 0. The SMILES string of the molecule is CC1=N[C@@H](C)C(=O)N(Cc2ccc(C3CCCCC3)cc2)c2cc(C(=O)O)ccc21. The number of anilines is 1. The average Bonchev–Trinajstić information content (AvgIpc) is 2.85. The number of hydrogen-bond donors (Lipinski definition) is 1. The topological polar surface area (TPSA) is 70.0 Å². The fraction of sp³-hybridized carbons (Fsp3) is 0.400. The van der Waals surface area contributed by atoms with Crippen LogP contribution in [0.4, 0.5) is 5.69 Å². The van der Waals surface area contributed by atoms with E-state index in [2.05, 4.69) is 29.3 Å². The van der Waals surface area contributed by atoms with Gasteiger partial charge in [-0.1, -0.05) is 49.6 Å². The van der Waals surface area contributed by atoms with Crippen molar-refractivity contribution < 1.29 is 14.7 Å². The lowest BCUT2D eigenvalue weighted by molar-refractivity contribution is -0.119. The van der Waals surface area contributed by atoms with Crippen LogP contribution in [0, 0.1) is 0 Å². The third-order valence-corrected chi connectivity index (χ3v) is 6.33. The number of nitrogens with zero attached hydrogens (tertiary/aromatic N) is 2. The summed E-state index contributed by atoms with van der Waals surface area (Å²) in [6, 6.07) is 13.0. The van der Waals surface area contributed by atoms with Crippen LogP contribution in [0.1, 0.15) is 78.9 Å². The molecule has 5 heteroatoms.